The Labute approximate surface area is 179 Å². The molecule has 0 aliphatic carbocycles. The van der Waals surface area contributed by atoms with Crippen LogP contribution in [-0.4, -0.2) is 33.8 Å². The van der Waals surface area contributed by atoms with Gasteiger partial charge in [0.2, 0.25) is 0 Å². The largest absolute Gasteiger partial charge is 0.448 e. The second-order valence-corrected chi connectivity index (χ2v) is 7.94. The van der Waals surface area contributed by atoms with Crippen molar-refractivity contribution < 1.29 is 9.21 Å². The molecular weight excluding hydrogens is 390 g/mol. The van der Waals surface area contributed by atoms with Gasteiger partial charge in [-0.2, -0.15) is 0 Å². The van der Waals surface area contributed by atoms with E-state index >= 15 is 0 Å². The van der Waals surface area contributed by atoms with E-state index in [0.29, 0.717) is 23.0 Å². The molecule has 0 atom stereocenters. The van der Waals surface area contributed by atoms with Crippen molar-refractivity contribution in [2.24, 2.45) is 0 Å². The van der Waals surface area contributed by atoms with Gasteiger partial charge in [0.1, 0.15) is 12.0 Å². The van der Waals surface area contributed by atoms with Crippen molar-refractivity contribution in [2.75, 3.05) is 18.8 Å². The van der Waals surface area contributed by atoms with E-state index in [4.69, 9.17) is 10.2 Å². The number of hydrogen-bond donors (Lipinski definition) is 2. The zero-order chi connectivity index (χ0) is 21.2. The molecule has 156 valence electrons. The maximum Gasteiger partial charge on any atom is 0.197 e. The third kappa shape index (κ3) is 4.18. The van der Waals surface area contributed by atoms with Gasteiger partial charge in [-0.15, -0.1) is 0 Å². The highest BCUT2D eigenvalue weighted by atomic mass is 16.3. The summed E-state index contributed by atoms with van der Waals surface area (Å²) in [5.41, 5.74) is 9.52. The maximum absolute atomic E-state index is 12.8. The first-order chi connectivity index (χ1) is 15.2. The Bertz CT molecular complexity index is 1240. The molecule has 4 aromatic rings. The van der Waals surface area contributed by atoms with E-state index in [1.807, 2.05) is 24.3 Å². The molecule has 1 aromatic carbocycles. The second kappa shape index (κ2) is 8.28. The molecule has 3 N–H and O–H groups in total. The number of hydrogen-bond acceptors (Lipinski definition) is 7. The summed E-state index contributed by atoms with van der Waals surface area (Å²) >= 11 is 0. The predicted octanol–water partition coefficient (Wildman–Crippen LogP) is 3.76. The number of Topliss-reactive ketones (excluding diaryl/α,β-unsaturated/α-hetero) is 1. The number of rotatable bonds is 5. The maximum atomic E-state index is 12.8. The number of fused-ring (bicyclic) bond motifs is 1. The second-order valence-electron chi connectivity index (χ2n) is 7.94. The smallest absolute Gasteiger partial charge is 0.197 e. The van der Waals surface area contributed by atoms with Gasteiger partial charge < -0.3 is 15.5 Å². The molecule has 7 nitrogen and oxygen atoms in total. The molecule has 0 unspecified atom stereocenters. The number of nitrogen functional groups attached to an aromatic ring is 1. The minimum atomic E-state index is -0.0908. The first kappa shape index (κ1) is 19.4. The van der Waals surface area contributed by atoms with Gasteiger partial charge in [-0.1, -0.05) is 12.1 Å². The van der Waals surface area contributed by atoms with Gasteiger partial charge in [0, 0.05) is 41.2 Å². The van der Waals surface area contributed by atoms with Crippen LogP contribution >= 0.6 is 0 Å². The molecule has 31 heavy (non-hydrogen) atoms. The van der Waals surface area contributed by atoms with Crippen LogP contribution in [0, 0.1) is 0 Å². The number of piperidine rings is 1. The number of oxazole rings is 1. The molecule has 0 amide bonds. The quantitative estimate of drug-likeness (QED) is 0.480. The van der Waals surface area contributed by atoms with Crippen LogP contribution in [0.2, 0.25) is 0 Å². The van der Waals surface area contributed by atoms with E-state index in [1.165, 1.54) is 6.26 Å². The highest BCUT2D eigenvalue weighted by molar-refractivity contribution is 5.96. The van der Waals surface area contributed by atoms with E-state index in [9.17, 15) is 4.79 Å². The van der Waals surface area contributed by atoms with Crippen molar-refractivity contribution in [2.45, 2.75) is 25.2 Å². The molecular formula is C24H23N5O2. The van der Waals surface area contributed by atoms with E-state index in [0.717, 1.165) is 47.8 Å². The Morgan fingerprint density at radius 3 is 2.77 bits per heavy atom. The number of nitrogens with one attached hydrogen (secondary N) is 1. The number of ketones is 1. The number of anilines is 1. The van der Waals surface area contributed by atoms with E-state index in [2.05, 4.69) is 26.3 Å². The first-order valence-electron chi connectivity index (χ1n) is 10.4. The molecule has 0 spiro atoms. The molecule has 0 bridgehead atoms. The standard InChI is InChI=1S/C24H23N5O2/c25-20-8-19(11-27-13-20)16-1-2-17-12-28-21(9-18(17)7-16)10-23(30)22-14-31-24(29-22)15-3-5-26-6-4-15/h1-2,7-9,11-15,26H,3-6,10,25H2. The Kier molecular flexibility index (Phi) is 5.18. The van der Waals surface area contributed by atoms with Crippen molar-refractivity contribution in [1.82, 2.24) is 20.3 Å². The highest BCUT2D eigenvalue weighted by Crippen LogP contribution is 2.26. The van der Waals surface area contributed by atoms with Crippen LogP contribution in [-0.2, 0) is 6.42 Å². The van der Waals surface area contributed by atoms with E-state index in [-0.39, 0.29) is 18.1 Å². The summed E-state index contributed by atoms with van der Waals surface area (Å²) < 4.78 is 5.61. The lowest BCUT2D eigenvalue weighted by molar-refractivity contribution is 0.0987. The average molecular weight is 413 g/mol. The van der Waals surface area contributed by atoms with Gasteiger partial charge in [0.05, 0.1) is 12.1 Å². The van der Waals surface area contributed by atoms with Crippen LogP contribution < -0.4 is 11.1 Å². The normalized spacial score (nSPS) is 14.7. The van der Waals surface area contributed by atoms with Crippen molar-refractivity contribution >= 4 is 22.2 Å². The van der Waals surface area contributed by atoms with Crippen LogP contribution in [0.3, 0.4) is 0 Å². The number of pyridine rings is 2. The van der Waals surface area contributed by atoms with Gasteiger partial charge in [-0.25, -0.2) is 4.98 Å². The number of nitrogens with two attached hydrogens (primary N) is 1. The molecule has 7 heteroatoms. The summed E-state index contributed by atoms with van der Waals surface area (Å²) in [6.07, 6.45) is 8.81. The lowest BCUT2D eigenvalue weighted by atomic mass is 9.98. The SMILES string of the molecule is Nc1cncc(-c2ccc3cnc(CC(=O)c4coc(C5CCNCC5)n4)cc3c2)c1. The minimum absolute atomic E-state index is 0.0908. The third-order valence-corrected chi connectivity index (χ3v) is 5.71. The van der Waals surface area contributed by atoms with Gasteiger partial charge >= 0.3 is 0 Å². The van der Waals surface area contributed by atoms with E-state index in [1.54, 1.807) is 18.6 Å². The lowest BCUT2D eigenvalue weighted by Gasteiger charge is -2.19. The number of carbonyl (C=O) groups is 1. The van der Waals surface area contributed by atoms with Crippen LogP contribution in [0.15, 0.2) is 59.6 Å². The topological polar surface area (TPSA) is 107 Å². The Morgan fingerprint density at radius 2 is 1.94 bits per heavy atom. The van der Waals surface area contributed by atoms with Crippen LogP contribution in [0.5, 0.6) is 0 Å². The van der Waals surface area contributed by atoms with Crippen molar-refractivity contribution in [1.29, 1.82) is 0 Å². The van der Waals surface area contributed by atoms with Gasteiger partial charge in [-0.05, 0) is 55.1 Å². The summed E-state index contributed by atoms with van der Waals surface area (Å²) in [6.45, 7) is 1.90. The molecule has 1 saturated heterocycles. The van der Waals surface area contributed by atoms with Crippen molar-refractivity contribution in [3.8, 4) is 11.1 Å². The molecule has 0 radical (unpaired) electrons. The van der Waals surface area contributed by atoms with E-state index < -0.39 is 0 Å². The monoisotopic (exact) mass is 413 g/mol. The van der Waals surface area contributed by atoms with Crippen LogP contribution in [0.1, 0.15) is 40.8 Å². The summed E-state index contributed by atoms with van der Waals surface area (Å²) in [7, 11) is 0. The summed E-state index contributed by atoms with van der Waals surface area (Å²) in [4.78, 5) is 25.9. The van der Waals surface area contributed by atoms with Crippen LogP contribution in [0.4, 0.5) is 5.69 Å². The molecule has 0 saturated carbocycles. The average Bonchev–Trinajstić information content (AvgIpc) is 3.30. The molecule has 5 rings (SSSR count). The predicted molar refractivity (Wildman–Crippen MR) is 119 cm³/mol. The zero-order valence-electron chi connectivity index (χ0n) is 17.0. The molecule has 1 fully saturated rings. The number of nitrogens with zero attached hydrogens (tertiary/aromatic N) is 3. The Hall–Kier alpha value is -3.58. The first-order valence-corrected chi connectivity index (χ1v) is 10.4. The number of carbonyl (C=O) groups excluding carboxylic acids is 1. The van der Waals surface area contributed by atoms with Crippen molar-refractivity contribution in [3.63, 3.8) is 0 Å². The highest BCUT2D eigenvalue weighted by Gasteiger charge is 2.22. The fourth-order valence-electron chi connectivity index (χ4n) is 4.01. The Morgan fingerprint density at radius 1 is 1.06 bits per heavy atom. The fraction of sp³-hybridized carbons (Fsp3) is 0.250. The van der Waals surface area contributed by atoms with Crippen molar-refractivity contribution in [3.05, 3.63) is 72.5 Å². The summed E-state index contributed by atoms with van der Waals surface area (Å²) in [5, 5.41) is 5.34. The molecule has 1 aliphatic rings. The van der Waals surface area contributed by atoms with Gasteiger partial charge in [-0.3, -0.25) is 14.8 Å². The molecule has 1 aliphatic heterocycles. The van der Waals surface area contributed by atoms with Crippen LogP contribution in [0.25, 0.3) is 21.9 Å². The van der Waals surface area contributed by atoms with Gasteiger partial charge in [0.15, 0.2) is 11.7 Å². The minimum Gasteiger partial charge on any atom is -0.448 e. The van der Waals surface area contributed by atoms with Gasteiger partial charge in [0.25, 0.3) is 0 Å². The summed E-state index contributed by atoms with van der Waals surface area (Å²) in [5.74, 6) is 0.852. The zero-order valence-corrected chi connectivity index (χ0v) is 17.0. The third-order valence-electron chi connectivity index (χ3n) is 5.71. The molecule has 4 heterocycles. The fourth-order valence-corrected chi connectivity index (χ4v) is 4.01. The molecule has 3 aromatic heterocycles. The number of benzene rings is 1. The number of aromatic nitrogens is 3. The Balaban J connectivity index is 1.36. The summed E-state index contributed by atoms with van der Waals surface area (Å²) in [6, 6.07) is 9.93. The lowest BCUT2D eigenvalue weighted by Crippen LogP contribution is -2.26.